The zero-order chi connectivity index (χ0) is 26.8. The molecular formula is C32H46BNO. The minimum Gasteiger partial charge on any atom is -0.303 e. The molecule has 35 heavy (non-hydrogen) atoms. The predicted molar refractivity (Wildman–Crippen MR) is 158 cm³/mol. The molecule has 0 N–H and O–H groups in total. The summed E-state index contributed by atoms with van der Waals surface area (Å²) in [6.07, 6.45) is 7.44. The van der Waals surface area contributed by atoms with Crippen LogP contribution in [-0.4, -0.2) is 38.2 Å². The molecule has 0 spiro atoms. The zero-order valence-corrected chi connectivity index (χ0v) is 22.9. The van der Waals surface area contributed by atoms with Crippen molar-refractivity contribution in [3.8, 4) is 0 Å². The van der Waals surface area contributed by atoms with Crippen LogP contribution in [0.1, 0.15) is 73.5 Å². The van der Waals surface area contributed by atoms with Gasteiger partial charge in [0.05, 0.1) is 0 Å². The maximum atomic E-state index is 12.7. The number of benzene rings is 2. The highest BCUT2D eigenvalue weighted by atomic mass is 16.1. The summed E-state index contributed by atoms with van der Waals surface area (Å²) in [7, 11) is 5.69. The van der Waals surface area contributed by atoms with E-state index in [1.807, 2.05) is 69.3 Å². The molecule has 3 rings (SSSR count). The summed E-state index contributed by atoms with van der Waals surface area (Å²) < 4.78 is 0. The number of piperidine rings is 1. The maximum absolute atomic E-state index is 12.7. The lowest BCUT2D eigenvalue weighted by molar-refractivity contribution is 0.105. The van der Waals surface area contributed by atoms with Crippen molar-refractivity contribution in [2.45, 2.75) is 60.3 Å². The standard InChI is InChI=1S/C18H17BO.C10H21N.2C2H4/c1-4-16(14-6-8-15(19)9-7-14)18(20)17-10-5-12(2)11-13(17)3;1-3-7-11-8-5-10(4-2)6-9-11;2*1-2/h4-11H,1-3H3;10H,3-9H2,1-2H3;2*1-2H2/b16-4-;;;. The Morgan fingerprint density at radius 3 is 2.03 bits per heavy atom. The number of likely N-dealkylation sites (tertiary alicyclic amines) is 1. The summed E-state index contributed by atoms with van der Waals surface area (Å²) in [4.78, 5) is 15.3. The number of Topliss-reactive ketones (excluding diaryl/α,β-unsaturated/α-hetero) is 1. The number of nitrogens with zero attached hydrogens (tertiary/aromatic N) is 1. The molecule has 1 heterocycles. The Kier molecular flexibility index (Phi) is 17.2. The van der Waals surface area contributed by atoms with Crippen molar-refractivity contribution >= 4 is 24.7 Å². The lowest BCUT2D eigenvalue weighted by Gasteiger charge is -2.30. The fraction of sp³-hybridized carbons (Fsp3) is 0.406. The molecule has 1 aliphatic heterocycles. The first-order valence-corrected chi connectivity index (χ1v) is 12.8. The van der Waals surface area contributed by atoms with E-state index in [1.165, 1.54) is 45.3 Å². The Hall–Kier alpha value is -2.65. The quantitative estimate of drug-likeness (QED) is 0.188. The van der Waals surface area contributed by atoms with Crippen LogP contribution >= 0.6 is 0 Å². The molecule has 0 aliphatic carbocycles. The average molecular weight is 472 g/mol. The van der Waals surface area contributed by atoms with Crippen molar-refractivity contribution in [1.82, 2.24) is 4.90 Å². The second-order valence-electron chi connectivity index (χ2n) is 8.67. The van der Waals surface area contributed by atoms with E-state index < -0.39 is 0 Å². The summed E-state index contributed by atoms with van der Waals surface area (Å²) in [5.74, 6) is 1.08. The molecule has 2 aromatic carbocycles. The van der Waals surface area contributed by atoms with Gasteiger partial charge in [-0.2, -0.15) is 0 Å². The van der Waals surface area contributed by atoms with E-state index in [2.05, 4.69) is 45.1 Å². The predicted octanol–water partition coefficient (Wildman–Crippen LogP) is 7.51. The lowest BCUT2D eigenvalue weighted by Crippen LogP contribution is -2.33. The number of carbonyl (C=O) groups is 1. The van der Waals surface area contributed by atoms with Crippen LogP contribution in [0.2, 0.25) is 0 Å². The van der Waals surface area contributed by atoms with Crippen molar-refractivity contribution in [2.75, 3.05) is 19.6 Å². The van der Waals surface area contributed by atoms with E-state index in [4.69, 9.17) is 7.85 Å². The Morgan fingerprint density at radius 2 is 1.57 bits per heavy atom. The maximum Gasteiger partial charge on any atom is 0.193 e. The molecule has 0 bridgehead atoms. The molecule has 2 nitrogen and oxygen atoms in total. The molecule has 2 aromatic rings. The zero-order valence-electron chi connectivity index (χ0n) is 22.9. The van der Waals surface area contributed by atoms with E-state index in [1.54, 1.807) is 0 Å². The van der Waals surface area contributed by atoms with Gasteiger partial charge in [-0.15, -0.1) is 26.3 Å². The van der Waals surface area contributed by atoms with Gasteiger partial charge in [0.2, 0.25) is 0 Å². The lowest BCUT2D eigenvalue weighted by atomic mass is 9.90. The van der Waals surface area contributed by atoms with Gasteiger partial charge >= 0.3 is 0 Å². The minimum atomic E-state index is 0.0507. The Bertz CT molecular complexity index is 890. The summed E-state index contributed by atoms with van der Waals surface area (Å²) in [5, 5.41) is 0. The molecule has 1 fully saturated rings. The smallest absolute Gasteiger partial charge is 0.193 e. The second kappa shape index (κ2) is 18.7. The monoisotopic (exact) mass is 471 g/mol. The molecule has 2 radical (unpaired) electrons. The molecule has 0 amide bonds. The highest BCUT2D eigenvalue weighted by Gasteiger charge is 2.16. The fourth-order valence-electron chi connectivity index (χ4n) is 4.24. The number of carbonyl (C=O) groups excluding carboxylic acids is 1. The van der Waals surface area contributed by atoms with Crippen LogP contribution in [0.3, 0.4) is 0 Å². The van der Waals surface area contributed by atoms with Gasteiger partial charge < -0.3 is 4.90 Å². The van der Waals surface area contributed by atoms with Gasteiger partial charge in [-0.25, -0.2) is 0 Å². The average Bonchev–Trinajstić information content (AvgIpc) is 2.89. The van der Waals surface area contributed by atoms with E-state index in [9.17, 15) is 4.79 Å². The van der Waals surface area contributed by atoms with Gasteiger partial charge in [0, 0.05) is 11.1 Å². The summed E-state index contributed by atoms with van der Waals surface area (Å²) in [5.41, 5.74) is 5.21. The number of rotatable bonds is 6. The van der Waals surface area contributed by atoms with Gasteiger partial charge in [-0.3, -0.25) is 4.79 Å². The first-order chi connectivity index (χ1) is 16.9. The molecule has 0 atom stereocenters. The van der Waals surface area contributed by atoms with Crippen molar-refractivity contribution in [2.24, 2.45) is 5.92 Å². The summed E-state index contributed by atoms with van der Waals surface area (Å²) >= 11 is 0. The van der Waals surface area contributed by atoms with Gasteiger partial charge in [-0.05, 0) is 76.7 Å². The van der Waals surface area contributed by atoms with Crippen LogP contribution in [0.15, 0.2) is 74.9 Å². The van der Waals surface area contributed by atoms with E-state index in [-0.39, 0.29) is 5.78 Å². The Morgan fingerprint density at radius 1 is 1.00 bits per heavy atom. The SMILES string of the molecule is C=C.C=C.CCCN1CCC(CC)CC1.[B]c1ccc(/C(=C/C)C(=O)c2ccc(C)cc2C)cc1. The van der Waals surface area contributed by atoms with Gasteiger partial charge in [0.1, 0.15) is 7.85 Å². The van der Waals surface area contributed by atoms with Crippen LogP contribution in [0.25, 0.3) is 5.57 Å². The first-order valence-electron chi connectivity index (χ1n) is 12.8. The van der Waals surface area contributed by atoms with E-state index >= 15 is 0 Å². The molecule has 0 aromatic heterocycles. The number of hydrogen-bond donors (Lipinski definition) is 0. The Balaban J connectivity index is 0.000000652. The second-order valence-corrected chi connectivity index (χ2v) is 8.67. The third kappa shape index (κ3) is 11.1. The summed E-state index contributed by atoms with van der Waals surface area (Å²) in [6.45, 7) is 26.5. The van der Waals surface area contributed by atoms with Crippen molar-refractivity contribution < 1.29 is 4.79 Å². The van der Waals surface area contributed by atoms with Crippen LogP contribution in [0.5, 0.6) is 0 Å². The molecule has 0 unspecified atom stereocenters. The topological polar surface area (TPSA) is 20.3 Å². The van der Waals surface area contributed by atoms with Gasteiger partial charge in [-0.1, -0.05) is 79.8 Å². The van der Waals surface area contributed by atoms with E-state index in [0.717, 1.165) is 28.2 Å². The summed E-state index contributed by atoms with van der Waals surface area (Å²) in [6, 6.07) is 13.3. The molecule has 188 valence electrons. The van der Waals surface area contributed by atoms with Crippen LogP contribution < -0.4 is 5.46 Å². The van der Waals surface area contributed by atoms with Gasteiger partial charge in [0.25, 0.3) is 0 Å². The molecule has 1 saturated heterocycles. The van der Waals surface area contributed by atoms with Crippen molar-refractivity contribution in [1.29, 1.82) is 0 Å². The van der Waals surface area contributed by atoms with E-state index in [0.29, 0.717) is 11.0 Å². The molecule has 0 saturated carbocycles. The Labute approximate surface area is 217 Å². The van der Waals surface area contributed by atoms with Gasteiger partial charge in [0.15, 0.2) is 5.78 Å². The minimum absolute atomic E-state index is 0.0507. The first kappa shape index (κ1) is 32.4. The number of ketones is 1. The number of aryl methyl sites for hydroxylation is 2. The van der Waals surface area contributed by atoms with Crippen LogP contribution in [-0.2, 0) is 0 Å². The largest absolute Gasteiger partial charge is 0.303 e. The van der Waals surface area contributed by atoms with Crippen LogP contribution in [0, 0.1) is 19.8 Å². The highest BCUT2D eigenvalue weighted by molar-refractivity contribution is 6.33. The number of hydrogen-bond acceptors (Lipinski definition) is 2. The third-order valence-corrected chi connectivity index (χ3v) is 6.21. The normalized spacial score (nSPS) is 13.8. The molecule has 1 aliphatic rings. The third-order valence-electron chi connectivity index (χ3n) is 6.21. The molecule has 3 heteroatoms. The molecular weight excluding hydrogens is 425 g/mol. The number of allylic oxidation sites excluding steroid dienone is 2. The van der Waals surface area contributed by atoms with Crippen molar-refractivity contribution in [3.63, 3.8) is 0 Å². The fourth-order valence-corrected chi connectivity index (χ4v) is 4.24. The van der Waals surface area contributed by atoms with Crippen molar-refractivity contribution in [3.05, 3.63) is 97.1 Å². The highest BCUT2D eigenvalue weighted by Crippen LogP contribution is 2.22. The van der Waals surface area contributed by atoms with Crippen LogP contribution in [0.4, 0.5) is 0 Å².